The number of thioether (sulfide) groups is 1. The summed E-state index contributed by atoms with van der Waals surface area (Å²) in [5, 5.41) is 2.08. The van der Waals surface area contributed by atoms with Crippen molar-refractivity contribution < 1.29 is 27.9 Å². The maximum Gasteiger partial charge on any atom is 0.319 e. The molecule has 166 valence electrons. The first-order chi connectivity index (χ1) is 14.7. The third-order valence-electron chi connectivity index (χ3n) is 4.14. The maximum absolute atomic E-state index is 13.8. The molecule has 1 unspecified atom stereocenters. The second kappa shape index (κ2) is 11.7. The van der Waals surface area contributed by atoms with Crippen LogP contribution in [0.15, 0.2) is 42.5 Å². The maximum atomic E-state index is 13.8. The van der Waals surface area contributed by atoms with Crippen molar-refractivity contribution in [3.05, 3.63) is 64.7 Å². The van der Waals surface area contributed by atoms with E-state index in [0.717, 1.165) is 11.8 Å². The van der Waals surface area contributed by atoms with Crippen molar-refractivity contribution in [1.29, 1.82) is 0 Å². The Balaban J connectivity index is 1.74. The van der Waals surface area contributed by atoms with Gasteiger partial charge in [-0.25, -0.2) is 8.78 Å². The molecule has 0 saturated carbocycles. The molecule has 1 N–H and O–H groups in total. The number of likely N-dealkylation sites (N-methyl/N-ethyl adjacent to an activating group) is 1. The minimum atomic E-state index is -0.696. The lowest BCUT2D eigenvalue weighted by Crippen LogP contribution is -2.32. The fraction of sp³-hybridized carbons (Fsp3) is 0.286. The van der Waals surface area contributed by atoms with Crippen LogP contribution in [-0.4, -0.2) is 47.3 Å². The number of carbonyl (C=O) groups is 3. The van der Waals surface area contributed by atoms with Crippen LogP contribution in [-0.2, 0) is 25.7 Å². The molecule has 0 aliphatic rings. The molecule has 6 nitrogen and oxygen atoms in total. The normalized spacial score (nSPS) is 11.5. The SMILES string of the molecule is CC(SCC(=O)Nc1ccc(F)cc1)C(=O)OCC(=O)N(C)Cc1c(F)cccc1Cl. The number of rotatable bonds is 9. The van der Waals surface area contributed by atoms with Crippen molar-refractivity contribution in [2.24, 2.45) is 0 Å². The van der Waals surface area contributed by atoms with E-state index < -0.39 is 35.4 Å². The molecule has 0 fully saturated rings. The monoisotopic (exact) mass is 470 g/mol. The van der Waals surface area contributed by atoms with Crippen LogP contribution in [0.2, 0.25) is 5.02 Å². The lowest BCUT2D eigenvalue weighted by atomic mass is 10.2. The third-order valence-corrected chi connectivity index (χ3v) is 5.62. The van der Waals surface area contributed by atoms with Crippen LogP contribution in [0.3, 0.4) is 0 Å². The molecule has 2 rings (SSSR count). The number of nitrogens with zero attached hydrogens (tertiary/aromatic N) is 1. The highest BCUT2D eigenvalue weighted by molar-refractivity contribution is 8.01. The van der Waals surface area contributed by atoms with Crippen molar-refractivity contribution in [3.8, 4) is 0 Å². The number of benzene rings is 2. The van der Waals surface area contributed by atoms with Gasteiger partial charge < -0.3 is 15.0 Å². The van der Waals surface area contributed by atoms with Gasteiger partial charge in [-0.3, -0.25) is 14.4 Å². The first kappa shape index (κ1) is 24.6. The smallest absolute Gasteiger partial charge is 0.319 e. The first-order valence-electron chi connectivity index (χ1n) is 9.18. The summed E-state index contributed by atoms with van der Waals surface area (Å²) in [6.07, 6.45) is 0. The van der Waals surface area contributed by atoms with E-state index in [4.69, 9.17) is 16.3 Å². The molecule has 0 spiro atoms. The quantitative estimate of drug-likeness (QED) is 0.563. The average Bonchev–Trinajstić information content (AvgIpc) is 2.74. The van der Waals surface area contributed by atoms with Crippen LogP contribution < -0.4 is 5.32 Å². The van der Waals surface area contributed by atoms with Crippen LogP contribution in [0.25, 0.3) is 0 Å². The number of amides is 2. The number of hydrogen-bond acceptors (Lipinski definition) is 5. The molecule has 0 heterocycles. The van der Waals surface area contributed by atoms with Gasteiger partial charge in [-0.2, -0.15) is 0 Å². The lowest BCUT2D eigenvalue weighted by molar-refractivity contribution is -0.151. The van der Waals surface area contributed by atoms with Gasteiger partial charge in [0.15, 0.2) is 6.61 Å². The fourth-order valence-electron chi connectivity index (χ4n) is 2.37. The van der Waals surface area contributed by atoms with Gasteiger partial charge in [0.25, 0.3) is 5.91 Å². The summed E-state index contributed by atoms with van der Waals surface area (Å²) in [6.45, 7) is 0.954. The van der Waals surface area contributed by atoms with Crippen LogP contribution in [0, 0.1) is 11.6 Å². The summed E-state index contributed by atoms with van der Waals surface area (Å²) in [5.41, 5.74) is 0.605. The molecule has 10 heteroatoms. The Morgan fingerprint density at radius 2 is 1.84 bits per heavy atom. The number of ether oxygens (including phenoxy) is 1. The molecule has 2 aromatic rings. The van der Waals surface area contributed by atoms with E-state index >= 15 is 0 Å². The topological polar surface area (TPSA) is 75.7 Å². The summed E-state index contributed by atoms with van der Waals surface area (Å²) in [6, 6.07) is 9.50. The van der Waals surface area contributed by atoms with Gasteiger partial charge in [0, 0.05) is 29.9 Å². The first-order valence-corrected chi connectivity index (χ1v) is 10.6. The van der Waals surface area contributed by atoms with Crippen LogP contribution >= 0.6 is 23.4 Å². The molecule has 1 atom stereocenters. The molecule has 0 aliphatic carbocycles. The summed E-state index contributed by atoms with van der Waals surface area (Å²) in [5.74, 6) is -2.54. The van der Waals surface area contributed by atoms with Crippen LogP contribution in [0.4, 0.5) is 14.5 Å². The van der Waals surface area contributed by atoms with Gasteiger partial charge in [0.2, 0.25) is 5.91 Å². The van der Waals surface area contributed by atoms with Gasteiger partial charge in [-0.1, -0.05) is 17.7 Å². The second-order valence-corrected chi connectivity index (χ2v) is 8.30. The Morgan fingerprint density at radius 1 is 1.16 bits per heavy atom. The summed E-state index contributed by atoms with van der Waals surface area (Å²) >= 11 is 6.98. The number of anilines is 1. The molecule has 0 aliphatic heterocycles. The number of nitrogens with one attached hydrogen (secondary N) is 1. The van der Waals surface area contributed by atoms with Gasteiger partial charge in [0.1, 0.15) is 16.9 Å². The molecule has 31 heavy (non-hydrogen) atoms. The van der Waals surface area contributed by atoms with Crippen LogP contribution in [0.5, 0.6) is 0 Å². The van der Waals surface area contributed by atoms with E-state index in [-0.39, 0.29) is 28.8 Å². The van der Waals surface area contributed by atoms with Crippen molar-refractivity contribution in [1.82, 2.24) is 4.90 Å². The average molecular weight is 471 g/mol. The highest BCUT2D eigenvalue weighted by Gasteiger charge is 2.20. The molecule has 0 saturated heterocycles. The Kier molecular flexibility index (Phi) is 9.26. The number of hydrogen-bond donors (Lipinski definition) is 1. The van der Waals surface area contributed by atoms with Gasteiger partial charge >= 0.3 is 5.97 Å². The number of carbonyl (C=O) groups excluding carboxylic acids is 3. The van der Waals surface area contributed by atoms with E-state index in [1.54, 1.807) is 6.92 Å². The standard InChI is InChI=1S/C21H21ClF2N2O4S/c1-13(31-12-19(27)25-15-8-6-14(23)7-9-15)21(29)30-11-20(28)26(2)10-16-17(22)4-3-5-18(16)24/h3-9,13H,10-12H2,1-2H3,(H,25,27). The van der Waals surface area contributed by atoms with Gasteiger partial charge in [-0.15, -0.1) is 11.8 Å². The van der Waals surface area contributed by atoms with Crippen molar-refractivity contribution in [3.63, 3.8) is 0 Å². The zero-order chi connectivity index (χ0) is 23.0. The zero-order valence-corrected chi connectivity index (χ0v) is 18.4. The van der Waals surface area contributed by atoms with E-state index in [2.05, 4.69) is 5.32 Å². The Bertz CT molecular complexity index is 923. The van der Waals surface area contributed by atoms with E-state index in [1.807, 2.05) is 0 Å². The highest BCUT2D eigenvalue weighted by atomic mass is 35.5. The van der Waals surface area contributed by atoms with E-state index in [1.165, 1.54) is 54.4 Å². The number of esters is 1. The van der Waals surface area contributed by atoms with Gasteiger partial charge in [0.05, 0.1) is 5.75 Å². The molecule has 0 aromatic heterocycles. The Labute approximate surface area is 187 Å². The number of halogens is 3. The lowest BCUT2D eigenvalue weighted by Gasteiger charge is -2.19. The van der Waals surface area contributed by atoms with E-state index in [9.17, 15) is 23.2 Å². The summed E-state index contributed by atoms with van der Waals surface area (Å²) < 4.78 is 31.7. The predicted octanol–water partition coefficient (Wildman–Crippen LogP) is 3.88. The van der Waals surface area contributed by atoms with Crippen molar-refractivity contribution >= 4 is 46.8 Å². The molecule has 0 radical (unpaired) electrons. The Morgan fingerprint density at radius 3 is 2.48 bits per heavy atom. The largest absolute Gasteiger partial charge is 0.455 e. The molecular formula is C21H21ClF2N2O4S. The molecule has 2 aromatic carbocycles. The Hall–Kier alpha value is -2.65. The van der Waals surface area contributed by atoms with E-state index in [0.29, 0.717) is 5.69 Å². The van der Waals surface area contributed by atoms with Gasteiger partial charge in [-0.05, 0) is 43.3 Å². The minimum Gasteiger partial charge on any atom is -0.455 e. The molecular weight excluding hydrogens is 450 g/mol. The predicted molar refractivity (Wildman–Crippen MR) is 116 cm³/mol. The summed E-state index contributed by atoms with van der Waals surface area (Å²) in [7, 11) is 1.44. The van der Waals surface area contributed by atoms with Crippen molar-refractivity contribution in [2.75, 3.05) is 24.7 Å². The third kappa shape index (κ3) is 7.84. The van der Waals surface area contributed by atoms with Crippen molar-refractivity contribution in [2.45, 2.75) is 18.7 Å². The molecule has 0 bridgehead atoms. The molecule has 2 amide bonds. The highest BCUT2D eigenvalue weighted by Crippen LogP contribution is 2.20. The summed E-state index contributed by atoms with van der Waals surface area (Å²) in [4.78, 5) is 37.4. The second-order valence-electron chi connectivity index (χ2n) is 6.57. The fourth-order valence-corrected chi connectivity index (χ4v) is 3.27. The minimum absolute atomic E-state index is 0.0344. The zero-order valence-electron chi connectivity index (χ0n) is 16.9. The van der Waals surface area contributed by atoms with Crippen LogP contribution in [0.1, 0.15) is 12.5 Å².